The second-order valence-electron chi connectivity index (χ2n) is 7.57. The van der Waals surface area contributed by atoms with E-state index in [4.69, 9.17) is 19.9 Å². The number of carbonyl (C=O) groups excluding carboxylic acids is 2. The molecular formula is C22H24N2O5. The van der Waals surface area contributed by atoms with Gasteiger partial charge in [-0.3, -0.25) is 0 Å². The zero-order chi connectivity index (χ0) is 21.2. The number of nitrogens with two attached hydrogens (primary N) is 1. The largest absolute Gasteiger partial charge is 0.487 e. The van der Waals surface area contributed by atoms with Crippen LogP contribution in [0.2, 0.25) is 0 Å². The van der Waals surface area contributed by atoms with Crippen LogP contribution in [0.25, 0.3) is 10.9 Å². The molecule has 1 heterocycles. The first-order valence-corrected chi connectivity index (χ1v) is 9.13. The topological polar surface area (TPSA) is 92.8 Å². The van der Waals surface area contributed by atoms with E-state index >= 15 is 0 Å². The summed E-state index contributed by atoms with van der Waals surface area (Å²) in [6, 6.07) is 14.4. The molecule has 0 spiro atoms. The van der Waals surface area contributed by atoms with Crippen LogP contribution in [0.5, 0.6) is 5.75 Å². The third-order valence-electron chi connectivity index (χ3n) is 4.09. The molecule has 7 nitrogen and oxygen atoms in total. The summed E-state index contributed by atoms with van der Waals surface area (Å²) in [4.78, 5) is 25.3. The molecule has 7 heteroatoms. The SMILES string of the molecule is COC(=O)c1cc2cc(N)cc(OCc3ccccc3)c2n1C(=O)OC(C)(C)C. The number of esters is 1. The van der Waals surface area contributed by atoms with E-state index in [-0.39, 0.29) is 12.3 Å². The number of methoxy groups -OCH3 is 1. The van der Waals surface area contributed by atoms with Gasteiger partial charge in [-0.15, -0.1) is 0 Å². The number of fused-ring (bicyclic) bond motifs is 1. The molecule has 0 saturated heterocycles. The number of carbonyl (C=O) groups is 2. The van der Waals surface area contributed by atoms with Crippen molar-refractivity contribution in [3.05, 3.63) is 59.8 Å². The van der Waals surface area contributed by atoms with Crippen molar-refractivity contribution < 1.29 is 23.8 Å². The average Bonchev–Trinajstić information content (AvgIpc) is 3.04. The molecule has 0 aliphatic heterocycles. The summed E-state index contributed by atoms with van der Waals surface area (Å²) in [6.07, 6.45) is -0.706. The highest BCUT2D eigenvalue weighted by Gasteiger charge is 2.27. The summed E-state index contributed by atoms with van der Waals surface area (Å²) < 4.78 is 17.5. The molecule has 2 N–H and O–H groups in total. The Morgan fingerprint density at radius 1 is 1.07 bits per heavy atom. The summed E-state index contributed by atoms with van der Waals surface area (Å²) in [7, 11) is 1.25. The van der Waals surface area contributed by atoms with Gasteiger partial charge in [0.25, 0.3) is 0 Å². The van der Waals surface area contributed by atoms with Crippen LogP contribution in [-0.2, 0) is 16.1 Å². The Labute approximate surface area is 169 Å². The molecule has 29 heavy (non-hydrogen) atoms. The van der Waals surface area contributed by atoms with Gasteiger partial charge in [0, 0.05) is 17.1 Å². The predicted octanol–water partition coefficient (Wildman–Crippen LogP) is 4.37. The minimum absolute atomic E-state index is 0.0342. The van der Waals surface area contributed by atoms with Crippen LogP contribution >= 0.6 is 0 Å². The third-order valence-corrected chi connectivity index (χ3v) is 4.09. The zero-order valence-corrected chi connectivity index (χ0v) is 16.9. The van der Waals surface area contributed by atoms with Gasteiger partial charge < -0.3 is 19.9 Å². The number of hydrogen-bond donors (Lipinski definition) is 1. The van der Waals surface area contributed by atoms with Crippen LogP contribution in [0.3, 0.4) is 0 Å². The molecule has 0 amide bonds. The summed E-state index contributed by atoms with van der Waals surface area (Å²) in [5.74, 6) is -0.301. The molecule has 0 atom stereocenters. The van der Waals surface area contributed by atoms with Gasteiger partial charge in [-0.2, -0.15) is 0 Å². The van der Waals surface area contributed by atoms with Crippen molar-refractivity contribution in [3.8, 4) is 5.75 Å². The predicted molar refractivity (Wildman–Crippen MR) is 110 cm³/mol. The highest BCUT2D eigenvalue weighted by Crippen LogP contribution is 2.33. The Bertz CT molecular complexity index is 1050. The van der Waals surface area contributed by atoms with Gasteiger partial charge in [0.05, 0.1) is 7.11 Å². The number of hydrogen-bond acceptors (Lipinski definition) is 6. The number of nitrogens with zero attached hydrogens (tertiary/aromatic N) is 1. The molecule has 0 aliphatic rings. The van der Waals surface area contributed by atoms with Crippen molar-refractivity contribution in [1.29, 1.82) is 0 Å². The lowest BCUT2D eigenvalue weighted by atomic mass is 10.2. The molecule has 0 unspecified atom stereocenters. The van der Waals surface area contributed by atoms with E-state index in [0.717, 1.165) is 5.56 Å². The van der Waals surface area contributed by atoms with E-state index in [1.54, 1.807) is 32.9 Å². The fourth-order valence-electron chi connectivity index (χ4n) is 2.93. The molecule has 0 aliphatic carbocycles. The molecule has 1 aromatic heterocycles. The van der Waals surface area contributed by atoms with E-state index < -0.39 is 17.7 Å². The zero-order valence-electron chi connectivity index (χ0n) is 16.9. The van der Waals surface area contributed by atoms with Gasteiger partial charge in [-0.25, -0.2) is 14.2 Å². The van der Waals surface area contributed by atoms with E-state index in [0.29, 0.717) is 22.3 Å². The van der Waals surface area contributed by atoms with Crippen molar-refractivity contribution in [3.63, 3.8) is 0 Å². The molecule has 0 saturated carbocycles. The van der Waals surface area contributed by atoms with Crippen LogP contribution in [0.1, 0.15) is 36.8 Å². The summed E-state index contributed by atoms with van der Waals surface area (Å²) in [6.45, 7) is 5.52. The van der Waals surface area contributed by atoms with Crippen LogP contribution in [-0.4, -0.2) is 29.3 Å². The molecule has 0 bridgehead atoms. The van der Waals surface area contributed by atoms with Crippen LogP contribution < -0.4 is 10.5 Å². The number of aromatic nitrogens is 1. The maximum absolute atomic E-state index is 12.9. The number of anilines is 1. The summed E-state index contributed by atoms with van der Waals surface area (Å²) >= 11 is 0. The fraction of sp³-hybridized carbons (Fsp3) is 0.273. The van der Waals surface area contributed by atoms with Crippen molar-refractivity contribution in [2.45, 2.75) is 33.0 Å². The maximum atomic E-state index is 12.9. The van der Waals surface area contributed by atoms with E-state index in [1.165, 1.54) is 17.7 Å². The Hall–Kier alpha value is -3.48. The first kappa shape index (κ1) is 20.3. The van der Waals surface area contributed by atoms with Gasteiger partial charge in [0.15, 0.2) is 0 Å². The number of nitrogen functional groups attached to an aromatic ring is 1. The molecule has 152 valence electrons. The van der Waals surface area contributed by atoms with Gasteiger partial charge >= 0.3 is 12.1 Å². The van der Waals surface area contributed by atoms with Crippen molar-refractivity contribution >= 4 is 28.7 Å². The Kier molecular flexibility index (Phi) is 5.50. The average molecular weight is 396 g/mol. The molecule has 2 aromatic carbocycles. The highest BCUT2D eigenvalue weighted by molar-refractivity contribution is 6.04. The molecular weight excluding hydrogens is 372 g/mol. The molecule has 3 rings (SSSR count). The first-order chi connectivity index (χ1) is 13.7. The van der Waals surface area contributed by atoms with Crippen molar-refractivity contribution in [2.75, 3.05) is 12.8 Å². The van der Waals surface area contributed by atoms with Crippen molar-refractivity contribution in [2.24, 2.45) is 0 Å². The van der Waals surface area contributed by atoms with E-state index in [9.17, 15) is 9.59 Å². The maximum Gasteiger partial charge on any atom is 0.419 e. The Morgan fingerprint density at radius 3 is 2.38 bits per heavy atom. The lowest BCUT2D eigenvalue weighted by Crippen LogP contribution is -2.29. The summed E-state index contributed by atoms with van der Waals surface area (Å²) in [5.41, 5.74) is 7.09. The smallest absolute Gasteiger partial charge is 0.419 e. The van der Waals surface area contributed by atoms with Crippen LogP contribution in [0.4, 0.5) is 10.5 Å². The van der Waals surface area contributed by atoms with Gasteiger partial charge in [0.2, 0.25) is 0 Å². The van der Waals surface area contributed by atoms with Gasteiger partial charge in [0.1, 0.15) is 29.2 Å². The minimum atomic E-state index is -0.750. The lowest BCUT2D eigenvalue weighted by molar-refractivity contribution is 0.0489. The Morgan fingerprint density at radius 2 is 1.76 bits per heavy atom. The lowest BCUT2D eigenvalue weighted by Gasteiger charge is -2.21. The number of benzene rings is 2. The monoisotopic (exact) mass is 396 g/mol. The standard InChI is InChI=1S/C22H24N2O5/c1-22(2,3)29-21(26)24-17(20(25)27-4)11-15-10-16(23)12-18(19(15)24)28-13-14-8-6-5-7-9-14/h5-12H,13,23H2,1-4H3. The Balaban J connectivity index is 2.14. The first-order valence-electron chi connectivity index (χ1n) is 9.13. The number of ether oxygens (including phenoxy) is 3. The minimum Gasteiger partial charge on any atom is -0.487 e. The quantitative estimate of drug-likeness (QED) is 0.520. The fourth-order valence-corrected chi connectivity index (χ4v) is 2.93. The summed E-state index contributed by atoms with van der Waals surface area (Å²) in [5, 5.41) is 0.569. The highest BCUT2D eigenvalue weighted by atomic mass is 16.6. The van der Waals surface area contributed by atoms with E-state index in [2.05, 4.69) is 0 Å². The normalized spacial score (nSPS) is 11.3. The molecule has 3 aromatic rings. The molecule has 0 radical (unpaired) electrons. The van der Waals surface area contributed by atoms with Crippen LogP contribution in [0.15, 0.2) is 48.5 Å². The number of rotatable bonds is 4. The second-order valence-corrected chi connectivity index (χ2v) is 7.57. The third kappa shape index (κ3) is 4.51. The van der Waals surface area contributed by atoms with Gasteiger partial charge in [-0.1, -0.05) is 30.3 Å². The van der Waals surface area contributed by atoms with Gasteiger partial charge in [-0.05, 0) is 38.5 Å². The van der Waals surface area contributed by atoms with E-state index in [1.807, 2.05) is 30.3 Å². The second kappa shape index (κ2) is 7.87. The van der Waals surface area contributed by atoms with Crippen molar-refractivity contribution in [1.82, 2.24) is 4.57 Å². The molecule has 0 fully saturated rings. The van der Waals surface area contributed by atoms with Crippen LogP contribution in [0, 0.1) is 0 Å².